The summed E-state index contributed by atoms with van der Waals surface area (Å²) >= 11 is 1.61. The van der Waals surface area contributed by atoms with Crippen molar-refractivity contribution in [3.63, 3.8) is 0 Å². The number of likely N-dealkylation sites (tertiary alicyclic amines) is 1. The number of halogens is 1. The Morgan fingerprint density at radius 3 is 2.78 bits per heavy atom. The zero-order valence-corrected chi connectivity index (χ0v) is 20.8. The second kappa shape index (κ2) is 9.83. The Morgan fingerprint density at radius 1 is 1.17 bits per heavy atom. The van der Waals surface area contributed by atoms with Gasteiger partial charge in [0.2, 0.25) is 0 Å². The number of rotatable bonds is 7. The molecule has 5 heterocycles. The number of alkyl halides is 1. The summed E-state index contributed by atoms with van der Waals surface area (Å²) in [6.45, 7) is 4.95. The largest absolute Gasteiger partial charge is 0.492 e. The van der Waals surface area contributed by atoms with Gasteiger partial charge >= 0.3 is 0 Å². The molecule has 0 spiro atoms. The minimum Gasteiger partial charge on any atom is -0.492 e. The summed E-state index contributed by atoms with van der Waals surface area (Å²) in [4.78, 5) is 16.1. The van der Waals surface area contributed by atoms with Crippen LogP contribution in [-0.4, -0.2) is 61.9 Å². The van der Waals surface area contributed by atoms with Crippen molar-refractivity contribution in [3.05, 3.63) is 66.7 Å². The van der Waals surface area contributed by atoms with Gasteiger partial charge in [-0.2, -0.15) is 5.10 Å². The lowest BCUT2D eigenvalue weighted by molar-refractivity contribution is 0.132. The lowest BCUT2D eigenvalue weighted by Gasteiger charge is -2.28. The van der Waals surface area contributed by atoms with E-state index in [-0.39, 0.29) is 0 Å². The van der Waals surface area contributed by atoms with Crippen molar-refractivity contribution in [3.8, 4) is 38.3 Å². The third kappa shape index (κ3) is 4.52. The third-order valence-electron chi connectivity index (χ3n) is 6.58. The molecular weight excluding hydrogens is 475 g/mol. The van der Waals surface area contributed by atoms with Crippen LogP contribution in [0.5, 0.6) is 5.75 Å². The fourth-order valence-corrected chi connectivity index (χ4v) is 5.84. The van der Waals surface area contributed by atoms with Gasteiger partial charge in [0.05, 0.1) is 27.3 Å². The van der Waals surface area contributed by atoms with Crippen LogP contribution >= 0.6 is 11.3 Å². The van der Waals surface area contributed by atoms with Crippen molar-refractivity contribution >= 4 is 16.9 Å². The molecule has 9 heteroatoms. The van der Waals surface area contributed by atoms with E-state index in [0.717, 1.165) is 69.1 Å². The van der Waals surface area contributed by atoms with E-state index in [9.17, 15) is 4.39 Å². The summed E-state index contributed by atoms with van der Waals surface area (Å²) in [6.07, 6.45) is 6.08. The first-order valence-electron chi connectivity index (χ1n) is 12.2. The number of fused-ring (bicyclic) bond motifs is 1. The molecule has 4 aromatic heterocycles. The summed E-state index contributed by atoms with van der Waals surface area (Å²) in [5, 5.41) is 5.61. The second-order valence-electron chi connectivity index (χ2n) is 9.02. The summed E-state index contributed by atoms with van der Waals surface area (Å²) < 4.78 is 21.4. The molecule has 0 amide bonds. The van der Waals surface area contributed by atoms with Gasteiger partial charge in [0.25, 0.3) is 0 Å². The van der Waals surface area contributed by atoms with E-state index >= 15 is 0 Å². The number of aromatic amines is 1. The molecule has 1 fully saturated rings. The molecule has 5 aromatic rings. The number of hydrogen-bond acceptors (Lipinski definition) is 6. The van der Waals surface area contributed by atoms with Crippen molar-refractivity contribution in [2.24, 2.45) is 0 Å². The van der Waals surface area contributed by atoms with Crippen molar-refractivity contribution in [2.45, 2.75) is 25.9 Å². The van der Waals surface area contributed by atoms with Crippen molar-refractivity contribution < 1.29 is 9.13 Å². The Labute approximate surface area is 212 Å². The third-order valence-corrected chi connectivity index (χ3v) is 7.66. The van der Waals surface area contributed by atoms with Crippen LogP contribution in [0.25, 0.3) is 38.0 Å². The van der Waals surface area contributed by atoms with E-state index in [1.54, 1.807) is 17.5 Å². The maximum absolute atomic E-state index is 13.4. The number of H-pyrrole nitrogens is 1. The highest BCUT2D eigenvalue weighted by atomic mass is 32.1. The van der Waals surface area contributed by atoms with Crippen LogP contribution in [-0.2, 0) is 0 Å². The van der Waals surface area contributed by atoms with Crippen LogP contribution < -0.4 is 4.74 Å². The minimum absolute atomic E-state index is 0.563. The van der Waals surface area contributed by atoms with Gasteiger partial charge in [0, 0.05) is 49.9 Å². The van der Waals surface area contributed by atoms with E-state index in [0.29, 0.717) is 19.4 Å². The summed E-state index contributed by atoms with van der Waals surface area (Å²) in [5.74, 6) is 1.59. The fourth-order valence-electron chi connectivity index (χ4n) is 4.68. The maximum Gasteiger partial charge on any atom is 0.149 e. The average Bonchev–Trinajstić information content (AvgIpc) is 3.64. The van der Waals surface area contributed by atoms with Crippen molar-refractivity contribution in [2.75, 3.05) is 26.2 Å². The number of ether oxygens (including phenoxy) is 1. The molecule has 6 rings (SSSR count). The Hall–Kier alpha value is -3.56. The smallest absolute Gasteiger partial charge is 0.149 e. The molecule has 1 saturated heterocycles. The fraction of sp³-hybridized carbons (Fsp3) is 0.296. The second-order valence-corrected chi connectivity index (χ2v) is 10.0. The Bertz CT molecular complexity index is 1450. The first-order valence-corrected chi connectivity index (χ1v) is 13.0. The lowest BCUT2D eigenvalue weighted by Crippen LogP contribution is -2.37. The van der Waals surface area contributed by atoms with Crippen molar-refractivity contribution in [1.29, 1.82) is 0 Å². The molecule has 0 unspecified atom stereocenters. The number of hydrogen-bond donors (Lipinski definition) is 1. The molecule has 1 aliphatic heterocycles. The van der Waals surface area contributed by atoms with Crippen LogP contribution in [0, 0.1) is 6.92 Å². The number of aromatic nitrogens is 5. The molecule has 0 radical (unpaired) electrons. The number of nitrogens with one attached hydrogen (secondary N) is 1. The maximum atomic E-state index is 13.4. The summed E-state index contributed by atoms with van der Waals surface area (Å²) in [7, 11) is 0. The zero-order valence-electron chi connectivity index (χ0n) is 20.0. The number of piperidine rings is 1. The highest BCUT2D eigenvalue weighted by Crippen LogP contribution is 2.41. The van der Waals surface area contributed by atoms with E-state index in [4.69, 9.17) is 14.8 Å². The number of imidazole rings is 1. The van der Waals surface area contributed by atoms with Gasteiger partial charge in [-0.05, 0) is 25.8 Å². The zero-order chi connectivity index (χ0) is 24.5. The van der Waals surface area contributed by atoms with Crippen LogP contribution in [0.1, 0.15) is 18.5 Å². The van der Waals surface area contributed by atoms with Crippen LogP contribution in [0.4, 0.5) is 4.39 Å². The topological polar surface area (TPSA) is 71.3 Å². The first-order chi connectivity index (χ1) is 17.7. The van der Waals surface area contributed by atoms with Gasteiger partial charge < -0.3 is 9.72 Å². The Balaban J connectivity index is 1.31. The van der Waals surface area contributed by atoms with Crippen LogP contribution in [0.2, 0.25) is 0 Å². The molecule has 1 N–H and O–H groups in total. The highest BCUT2D eigenvalue weighted by molar-refractivity contribution is 7.19. The summed E-state index contributed by atoms with van der Waals surface area (Å²) in [6, 6.07) is 14.1. The van der Waals surface area contributed by atoms with Crippen LogP contribution in [0.3, 0.4) is 0 Å². The molecule has 0 aliphatic carbocycles. The molecular formula is C27H27FN6OS. The Morgan fingerprint density at radius 2 is 2.00 bits per heavy atom. The predicted molar refractivity (Wildman–Crippen MR) is 140 cm³/mol. The molecule has 0 atom stereocenters. The number of pyridine rings is 1. The molecule has 36 heavy (non-hydrogen) atoms. The molecule has 0 bridgehead atoms. The van der Waals surface area contributed by atoms with E-state index < -0.39 is 6.17 Å². The van der Waals surface area contributed by atoms with E-state index in [1.807, 2.05) is 54.2 Å². The first kappa shape index (κ1) is 22.9. The number of thiazole rings is 1. The standard InChI is InChI=1S/C27H27FN6OS/c1-18-23(27-31-24(19-5-3-2-4-6-19)25(36-27)26-29-10-11-30-26)22-17-21(9-14-34(22)32-18)35-16-15-33-12-7-20(28)8-13-33/h2-6,9-11,14,17,20H,7-8,12-13,15-16H2,1H3,(H,29,30). The SMILES string of the molecule is Cc1nn2ccc(OCCN3CCC(F)CC3)cc2c1-c1nc(-c2ccccc2)c(-c2ncc[nH]2)s1. The Kier molecular flexibility index (Phi) is 6.25. The number of aryl methyl sites for hydroxylation is 1. The molecule has 184 valence electrons. The highest BCUT2D eigenvalue weighted by Gasteiger charge is 2.22. The average molecular weight is 503 g/mol. The van der Waals surface area contributed by atoms with E-state index in [1.165, 1.54) is 0 Å². The van der Waals surface area contributed by atoms with Gasteiger partial charge in [-0.15, -0.1) is 11.3 Å². The van der Waals surface area contributed by atoms with E-state index in [2.05, 4.69) is 27.0 Å². The molecule has 1 aromatic carbocycles. The minimum atomic E-state index is -0.658. The molecule has 7 nitrogen and oxygen atoms in total. The van der Waals surface area contributed by atoms with Crippen molar-refractivity contribution in [1.82, 2.24) is 29.5 Å². The van der Waals surface area contributed by atoms with Crippen LogP contribution in [0.15, 0.2) is 61.1 Å². The van der Waals surface area contributed by atoms with Gasteiger partial charge in [-0.25, -0.2) is 18.9 Å². The van der Waals surface area contributed by atoms with Gasteiger partial charge in [0.1, 0.15) is 29.4 Å². The number of benzene rings is 1. The summed E-state index contributed by atoms with van der Waals surface area (Å²) in [5.41, 5.74) is 4.78. The van der Waals surface area contributed by atoms with Gasteiger partial charge in [-0.3, -0.25) is 4.90 Å². The lowest BCUT2D eigenvalue weighted by atomic mass is 10.1. The predicted octanol–water partition coefficient (Wildman–Crippen LogP) is 5.64. The number of nitrogens with zero attached hydrogens (tertiary/aromatic N) is 5. The van der Waals surface area contributed by atoms with Gasteiger partial charge in [0.15, 0.2) is 0 Å². The monoisotopic (exact) mass is 502 g/mol. The normalized spacial score (nSPS) is 15.1. The molecule has 0 saturated carbocycles. The molecule has 1 aliphatic rings. The van der Waals surface area contributed by atoms with Gasteiger partial charge in [-0.1, -0.05) is 30.3 Å². The quantitative estimate of drug-likeness (QED) is 0.312.